The third-order valence-electron chi connectivity index (χ3n) is 11.0. The van der Waals surface area contributed by atoms with E-state index in [0.717, 1.165) is 62.8 Å². The highest BCUT2D eigenvalue weighted by atomic mass is 35.5. The van der Waals surface area contributed by atoms with Crippen LogP contribution in [-0.4, -0.2) is 18.2 Å². The zero-order chi connectivity index (χ0) is 24.4. The molecule has 1 unspecified atom stereocenters. The van der Waals surface area contributed by atoms with Gasteiger partial charge in [0.15, 0.2) is 5.78 Å². The lowest BCUT2D eigenvalue weighted by molar-refractivity contribution is -0.134. The second kappa shape index (κ2) is 8.36. The number of halogens is 1. The normalized spacial score (nSPS) is 39.6. The minimum Gasteiger partial charge on any atom is -0.381 e. The molecule has 0 bridgehead atoms. The van der Waals surface area contributed by atoms with Gasteiger partial charge in [-0.2, -0.15) is 0 Å². The van der Waals surface area contributed by atoms with Crippen LogP contribution in [-0.2, 0) is 15.1 Å². The summed E-state index contributed by atoms with van der Waals surface area (Å²) >= 11 is 6.17. The summed E-state index contributed by atoms with van der Waals surface area (Å²) in [7, 11) is 0. The summed E-state index contributed by atoms with van der Waals surface area (Å²) in [6, 6.07) is 8.11. The second-order valence-electron chi connectivity index (χ2n) is 12.7. The summed E-state index contributed by atoms with van der Waals surface area (Å²) in [6.45, 7) is 5.20. The molecule has 3 saturated carbocycles. The van der Waals surface area contributed by atoms with E-state index in [9.17, 15) is 9.59 Å². The first-order chi connectivity index (χ1) is 16.8. The molecule has 1 aliphatic heterocycles. The topological polar surface area (TPSA) is 58.2 Å². The first kappa shape index (κ1) is 23.6. The third kappa shape index (κ3) is 3.61. The zero-order valence-corrected chi connectivity index (χ0v) is 21.9. The number of amides is 1. The summed E-state index contributed by atoms with van der Waals surface area (Å²) < 4.78 is 0. The van der Waals surface area contributed by atoms with Crippen LogP contribution in [0.5, 0.6) is 0 Å². The molecule has 35 heavy (non-hydrogen) atoms. The van der Waals surface area contributed by atoms with Gasteiger partial charge in [-0.25, -0.2) is 0 Å². The SMILES string of the molecule is C[C@]12CC(=O)CNC1=CC[C@@H]1[C@H]2CC[C@]2(C)C(C(=O)NC3(c4ccc(Cl)cc4)CCCC3)CC[C@@H]12. The van der Waals surface area contributed by atoms with Gasteiger partial charge in [-0.05, 0) is 85.8 Å². The maximum Gasteiger partial charge on any atom is 0.224 e. The van der Waals surface area contributed by atoms with Gasteiger partial charge in [0.1, 0.15) is 0 Å². The smallest absolute Gasteiger partial charge is 0.224 e. The number of carbonyl (C=O) groups excluding carboxylic acids is 2. The number of allylic oxidation sites excluding steroid dienone is 2. The van der Waals surface area contributed by atoms with Crippen molar-refractivity contribution in [1.82, 2.24) is 10.6 Å². The zero-order valence-electron chi connectivity index (χ0n) is 21.2. The van der Waals surface area contributed by atoms with E-state index in [-0.39, 0.29) is 28.2 Å². The van der Waals surface area contributed by atoms with Gasteiger partial charge in [-0.1, -0.05) is 56.5 Å². The van der Waals surface area contributed by atoms with Crippen molar-refractivity contribution in [2.45, 2.75) is 83.6 Å². The van der Waals surface area contributed by atoms with Crippen LogP contribution in [0, 0.1) is 34.5 Å². The lowest BCUT2D eigenvalue weighted by atomic mass is 9.49. The Bertz CT molecular complexity index is 1060. The minimum absolute atomic E-state index is 0.0405. The van der Waals surface area contributed by atoms with Crippen molar-refractivity contribution in [3.05, 3.63) is 46.6 Å². The Kier molecular flexibility index (Phi) is 5.63. The molecule has 1 aromatic rings. The maximum absolute atomic E-state index is 14.0. The minimum atomic E-state index is -0.253. The highest BCUT2D eigenvalue weighted by molar-refractivity contribution is 6.30. The Hall–Kier alpha value is -1.81. The van der Waals surface area contributed by atoms with E-state index in [4.69, 9.17) is 11.6 Å². The molecule has 2 N–H and O–H groups in total. The van der Waals surface area contributed by atoms with E-state index in [0.29, 0.717) is 36.5 Å². The molecule has 1 amide bonds. The monoisotopic (exact) mass is 494 g/mol. The Balaban J connectivity index is 1.24. The molecule has 0 spiro atoms. The largest absolute Gasteiger partial charge is 0.381 e. The van der Waals surface area contributed by atoms with Gasteiger partial charge in [0.05, 0.1) is 12.1 Å². The van der Waals surface area contributed by atoms with Gasteiger partial charge in [0.2, 0.25) is 5.91 Å². The molecule has 0 radical (unpaired) electrons. The Morgan fingerprint density at radius 1 is 1.03 bits per heavy atom. The predicted molar refractivity (Wildman–Crippen MR) is 139 cm³/mol. The fraction of sp³-hybridized carbons (Fsp3) is 0.667. The highest BCUT2D eigenvalue weighted by Crippen LogP contribution is 2.65. The van der Waals surface area contributed by atoms with Crippen molar-refractivity contribution in [3.8, 4) is 0 Å². The van der Waals surface area contributed by atoms with E-state index in [2.05, 4.69) is 42.7 Å². The molecule has 4 fully saturated rings. The summed E-state index contributed by atoms with van der Waals surface area (Å²) in [4.78, 5) is 26.4. The van der Waals surface area contributed by atoms with Crippen molar-refractivity contribution in [2.75, 3.05) is 6.54 Å². The van der Waals surface area contributed by atoms with E-state index in [1.807, 2.05) is 12.1 Å². The van der Waals surface area contributed by atoms with E-state index in [1.165, 1.54) is 11.3 Å². The van der Waals surface area contributed by atoms with Crippen LogP contribution >= 0.6 is 11.6 Å². The van der Waals surface area contributed by atoms with Crippen LogP contribution in [0.4, 0.5) is 0 Å². The summed E-state index contributed by atoms with van der Waals surface area (Å²) in [5, 5.41) is 7.79. The molecular formula is C30H39ClN2O2. The number of carbonyl (C=O) groups is 2. The summed E-state index contributed by atoms with van der Waals surface area (Å²) in [5.41, 5.74) is 2.24. The number of hydrogen-bond acceptors (Lipinski definition) is 3. The molecule has 6 atom stereocenters. The van der Waals surface area contributed by atoms with Crippen molar-refractivity contribution >= 4 is 23.3 Å². The van der Waals surface area contributed by atoms with Crippen LogP contribution in [0.1, 0.15) is 83.6 Å². The van der Waals surface area contributed by atoms with Gasteiger partial charge in [-0.3, -0.25) is 9.59 Å². The van der Waals surface area contributed by atoms with E-state index >= 15 is 0 Å². The second-order valence-corrected chi connectivity index (χ2v) is 13.1. The Morgan fingerprint density at radius 2 is 1.77 bits per heavy atom. The number of rotatable bonds is 3. The lowest BCUT2D eigenvalue weighted by Gasteiger charge is -2.57. The maximum atomic E-state index is 14.0. The van der Waals surface area contributed by atoms with Crippen molar-refractivity contribution in [2.24, 2.45) is 34.5 Å². The molecule has 5 aliphatic rings. The number of benzene rings is 1. The lowest BCUT2D eigenvalue weighted by Crippen LogP contribution is -2.55. The number of Topliss-reactive ketones (excluding diaryl/α,β-unsaturated/α-hetero) is 1. The van der Waals surface area contributed by atoms with Gasteiger partial charge < -0.3 is 10.6 Å². The molecular weight excluding hydrogens is 456 g/mol. The number of piperidine rings is 1. The van der Waals surface area contributed by atoms with Crippen molar-refractivity contribution in [1.29, 1.82) is 0 Å². The molecule has 1 heterocycles. The summed E-state index contributed by atoms with van der Waals surface area (Å²) in [5.74, 6) is 2.34. The van der Waals surface area contributed by atoms with Gasteiger partial charge in [0, 0.05) is 28.5 Å². The Labute approximate surface area is 214 Å². The average molecular weight is 495 g/mol. The van der Waals surface area contributed by atoms with Crippen LogP contribution < -0.4 is 10.6 Å². The summed E-state index contributed by atoms with van der Waals surface area (Å²) in [6.07, 6.45) is 12.8. The van der Waals surface area contributed by atoms with E-state index < -0.39 is 0 Å². The first-order valence-electron chi connectivity index (χ1n) is 13.8. The highest BCUT2D eigenvalue weighted by Gasteiger charge is 2.60. The Morgan fingerprint density at radius 3 is 2.51 bits per heavy atom. The number of fused-ring (bicyclic) bond motifs is 5. The first-order valence-corrected chi connectivity index (χ1v) is 14.2. The molecule has 5 heteroatoms. The quantitative estimate of drug-likeness (QED) is 0.530. The number of hydrogen-bond donors (Lipinski definition) is 2. The van der Waals surface area contributed by atoms with Gasteiger partial charge in [0.25, 0.3) is 0 Å². The third-order valence-corrected chi connectivity index (χ3v) is 11.3. The molecule has 0 aromatic heterocycles. The number of ketones is 1. The molecule has 4 nitrogen and oxygen atoms in total. The van der Waals surface area contributed by atoms with Gasteiger partial charge >= 0.3 is 0 Å². The van der Waals surface area contributed by atoms with Crippen molar-refractivity contribution < 1.29 is 9.59 Å². The molecule has 6 rings (SSSR count). The standard InChI is InChI=1S/C30H39ClN2O2/c1-28-16-13-24-22(9-12-26-29(24,2)17-21(34)18-32-26)23(28)10-11-25(28)27(35)33-30(14-3-4-15-30)19-5-7-20(31)8-6-19/h5-8,12,22-25,32H,3-4,9-11,13-18H2,1-2H3,(H,33,35)/t22-,23-,24+,25?,28-,29+/m0/s1. The van der Waals surface area contributed by atoms with Crippen LogP contribution in [0.25, 0.3) is 0 Å². The van der Waals surface area contributed by atoms with Crippen LogP contribution in [0.3, 0.4) is 0 Å². The fourth-order valence-electron chi connectivity index (χ4n) is 9.25. The van der Waals surface area contributed by atoms with Crippen molar-refractivity contribution in [3.63, 3.8) is 0 Å². The molecule has 188 valence electrons. The molecule has 1 aromatic carbocycles. The van der Waals surface area contributed by atoms with Crippen LogP contribution in [0.2, 0.25) is 5.02 Å². The van der Waals surface area contributed by atoms with E-state index in [1.54, 1.807) is 0 Å². The van der Waals surface area contributed by atoms with Gasteiger partial charge in [-0.15, -0.1) is 0 Å². The number of nitrogens with one attached hydrogen (secondary N) is 2. The molecule has 1 saturated heterocycles. The molecule has 4 aliphatic carbocycles. The predicted octanol–water partition coefficient (Wildman–Crippen LogP) is 6.14. The average Bonchev–Trinajstić information content (AvgIpc) is 3.43. The fourth-order valence-corrected chi connectivity index (χ4v) is 9.37. The van der Waals surface area contributed by atoms with Crippen LogP contribution in [0.15, 0.2) is 36.0 Å².